The number of hydrogen-bond acceptors (Lipinski definition) is 4. The quantitative estimate of drug-likeness (QED) is 0.224. The molecule has 0 atom stereocenters. The van der Waals surface area contributed by atoms with E-state index in [-0.39, 0.29) is 29.6 Å². The Morgan fingerprint density at radius 3 is 1.92 bits per heavy atom. The molecule has 5 nitrogen and oxygen atoms in total. The summed E-state index contributed by atoms with van der Waals surface area (Å²) in [6.45, 7) is 0. The predicted octanol–water partition coefficient (Wildman–Crippen LogP) is -2.49. The molecule has 6 heteroatoms. The summed E-state index contributed by atoms with van der Waals surface area (Å²) in [4.78, 5) is 10.3. The molecular weight excluding hydrogens is 187 g/mol. The molecule has 0 fully saturated rings. The van der Waals surface area contributed by atoms with E-state index in [1.54, 1.807) is 0 Å². The van der Waals surface area contributed by atoms with E-state index in [0.717, 1.165) is 12.1 Å². The fourth-order valence-electron chi connectivity index (χ4n) is 0.737. The van der Waals surface area contributed by atoms with Gasteiger partial charge in [-0.15, -0.1) is 0 Å². The van der Waals surface area contributed by atoms with Crippen LogP contribution in [0.25, 0.3) is 0 Å². The van der Waals surface area contributed by atoms with Crippen molar-refractivity contribution in [2.24, 2.45) is 0 Å². The minimum Gasteiger partial charge on any atom is -0.507 e. The molecule has 0 saturated heterocycles. The zero-order chi connectivity index (χ0) is 9.30. The molecule has 1 aromatic carbocycles. The second kappa shape index (κ2) is 4.36. The number of carboxylic acids is 1. The molecule has 0 unspecified atom stereocenters. The molecule has 1 rings (SSSR count). The SMILES string of the molecule is O=C(O)c1cc(O)c(O)cc1O.[Na+]. The number of hydrogen-bond donors (Lipinski definition) is 4. The van der Waals surface area contributed by atoms with Crippen LogP contribution < -0.4 is 29.6 Å². The molecule has 0 aliphatic rings. The summed E-state index contributed by atoms with van der Waals surface area (Å²) in [7, 11) is 0. The van der Waals surface area contributed by atoms with E-state index < -0.39 is 28.8 Å². The average molecular weight is 193 g/mol. The number of phenols is 3. The molecule has 64 valence electrons. The Hall–Kier alpha value is -0.910. The van der Waals surface area contributed by atoms with Crippen molar-refractivity contribution in [3.05, 3.63) is 17.7 Å². The average Bonchev–Trinajstić information content (AvgIpc) is 1.96. The van der Waals surface area contributed by atoms with Gasteiger partial charge in [0.1, 0.15) is 11.3 Å². The van der Waals surface area contributed by atoms with Gasteiger partial charge in [0.2, 0.25) is 0 Å². The van der Waals surface area contributed by atoms with Crippen LogP contribution in [0.2, 0.25) is 0 Å². The van der Waals surface area contributed by atoms with E-state index >= 15 is 0 Å². The largest absolute Gasteiger partial charge is 1.00 e. The predicted molar refractivity (Wildman–Crippen MR) is 38.4 cm³/mol. The minimum atomic E-state index is -1.37. The summed E-state index contributed by atoms with van der Waals surface area (Å²) in [6, 6.07) is 1.53. The second-order valence-electron chi connectivity index (χ2n) is 2.16. The fraction of sp³-hybridized carbons (Fsp3) is 0. The Balaban J connectivity index is 0.00000144. The molecule has 4 N–H and O–H groups in total. The van der Waals surface area contributed by atoms with Crippen molar-refractivity contribution in [2.75, 3.05) is 0 Å². The Labute approximate surface area is 95.5 Å². The van der Waals surface area contributed by atoms with Gasteiger partial charge in [-0.1, -0.05) is 0 Å². The van der Waals surface area contributed by atoms with Crippen molar-refractivity contribution in [3.63, 3.8) is 0 Å². The van der Waals surface area contributed by atoms with E-state index in [2.05, 4.69) is 0 Å². The summed E-state index contributed by atoms with van der Waals surface area (Å²) in [5, 5.41) is 35.0. The number of aromatic hydroxyl groups is 3. The zero-order valence-corrected chi connectivity index (χ0v) is 8.85. The van der Waals surface area contributed by atoms with Gasteiger partial charge < -0.3 is 20.4 Å². The first-order valence-electron chi connectivity index (χ1n) is 3.00. The first-order valence-corrected chi connectivity index (χ1v) is 3.00. The molecule has 0 aliphatic carbocycles. The van der Waals surface area contributed by atoms with Crippen LogP contribution in [0.4, 0.5) is 0 Å². The fourth-order valence-corrected chi connectivity index (χ4v) is 0.737. The summed E-state index contributed by atoms with van der Waals surface area (Å²) in [5.41, 5.74) is -0.453. The van der Waals surface area contributed by atoms with Crippen LogP contribution in [0.15, 0.2) is 12.1 Å². The van der Waals surface area contributed by atoms with Gasteiger partial charge in [0, 0.05) is 12.1 Å². The minimum absolute atomic E-state index is 0. The maximum Gasteiger partial charge on any atom is 1.00 e. The van der Waals surface area contributed by atoms with Gasteiger partial charge in [0.15, 0.2) is 11.5 Å². The smallest absolute Gasteiger partial charge is 0.507 e. The van der Waals surface area contributed by atoms with Crippen molar-refractivity contribution in [1.82, 2.24) is 0 Å². The Morgan fingerprint density at radius 2 is 1.46 bits per heavy atom. The number of benzene rings is 1. The first kappa shape index (κ1) is 12.1. The maximum atomic E-state index is 10.3. The van der Waals surface area contributed by atoms with Gasteiger partial charge in [0.05, 0.1) is 0 Å². The summed E-state index contributed by atoms with van der Waals surface area (Å²) in [5.74, 6) is -3.09. The molecule has 0 heterocycles. The Morgan fingerprint density at radius 1 is 1.00 bits per heavy atom. The van der Waals surface area contributed by atoms with Gasteiger partial charge in [0.25, 0.3) is 0 Å². The van der Waals surface area contributed by atoms with Crippen LogP contribution in [0.3, 0.4) is 0 Å². The van der Waals surface area contributed by atoms with Gasteiger partial charge in [-0.25, -0.2) is 4.79 Å². The standard InChI is InChI=1S/C7H6O5.Na/c8-4-2-6(10)5(9)1-3(4)7(11)12;/h1-2,8-10H,(H,11,12);/q;+1. The Bertz CT molecular complexity index is 336. The number of phenolic OH excluding ortho intramolecular Hbond substituents is 2. The van der Waals surface area contributed by atoms with Crippen LogP contribution in [-0.4, -0.2) is 26.4 Å². The Kier molecular flexibility index (Phi) is 4.06. The van der Waals surface area contributed by atoms with E-state index in [1.807, 2.05) is 0 Å². The number of rotatable bonds is 1. The summed E-state index contributed by atoms with van der Waals surface area (Å²) >= 11 is 0. The van der Waals surface area contributed by atoms with E-state index in [9.17, 15) is 4.79 Å². The van der Waals surface area contributed by atoms with Crippen LogP contribution in [-0.2, 0) is 0 Å². The van der Waals surface area contributed by atoms with Crippen LogP contribution >= 0.6 is 0 Å². The molecule has 0 radical (unpaired) electrons. The third-order valence-corrected chi connectivity index (χ3v) is 1.32. The maximum absolute atomic E-state index is 10.3. The summed E-state index contributed by atoms with van der Waals surface area (Å²) in [6.07, 6.45) is 0. The molecule has 1 aromatic rings. The molecule has 0 amide bonds. The van der Waals surface area contributed by atoms with Crippen molar-refractivity contribution in [2.45, 2.75) is 0 Å². The molecular formula is C7H6NaO5+. The molecule has 0 aromatic heterocycles. The van der Waals surface area contributed by atoms with Crippen molar-refractivity contribution in [1.29, 1.82) is 0 Å². The second-order valence-corrected chi connectivity index (χ2v) is 2.16. The molecule has 13 heavy (non-hydrogen) atoms. The van der Waals surface area contributed by atoms with Gasteiger partial charge in [-0.2, -0.15) is 0 Å². The van der Waals surface area contributed by atoms with Crippen molar-refractivity contribution in [3.8, 4) is 17.2 Å². The van der Waals surface area contributed by atoms with Crippen molar-refractivity contribution < 1.29 is 54.8 Å². The van der Waals surface area contributed by atoms with Crippen LogP contribution in [0.5, 0.6) is 17.2 Å². The third kappa shape index (κ3) is 2.51. The van der Waals surface area contributed by atoms with Crippen LogP contribution in [0, 0.1) is 0 Å². The van der Waals surface area contributed by atoms with E-state index in [4.69, 9.17) is 20.4 Å². The monoisotopic (exact) mass is 193 g/mol. The molecule has 0 bridgehead atoms. The third-order valence-electron chi connectivity index (χ3n) is 1.32. The molecule has 0 saturated carbocycles. The topological polar surface area (TPSA) is 98.0 Å². The number of aromatic carboxylic acids is 1. The van der Waals surface area contributed by atoms with E-state index in [1.165, 1.54) is 0 Å². The number of carboxylic acid groups (broad SMARTS) is 1. The van der Waals surface area contributed by atoms with Crippen LogP contribution in [0.1, 0.15) is 10.4 Å². The van der Waals surface area contributed by atoms with Gasteiger partial charge in [-0.3, -0.25) is 0 Å². The molecule has 0 spiro atoms. The molecule has 0 aliphatic heterocycles. The van der Waals surface area contributed by atoms with Gasteiger partial charge >= 0.3 is 35.5 Å². The van der Waals surface area contributed by atoms with Gasteiger partial charge in [-0.05, 0) is 0 Å². The van der Waals surface area contributed by atoms with E-state index in [0.29, 0.717) is 0 Å². The zero-order valence-electron chi connectivity index (χ0n) is 6.85. The van der Waals surface area contributed by atoms with Crippen molar-refractivity contribution >= 4 is 5.97 Å². The summed E-state index contributed by atoms with van der Waals surface area (Å²) < 4.78 is 0. The first-order chi connectivity index (χ1) is 5.52. The number of carbonyl (C=O) groups is 1. The normalized spacial score (nSPS) is 8.92.